The average molecular weight is 232 g/mol. The number of benzene rings is 1. The molecule has 0 radical (unpaired) electrons. The minimum atomic E-state index is -0.723. The first kappa shape index (κ1) is 11.8. The molecule has 0 fully saturated rings. The molecular weight excluding hydrogens is 216 g/mol. The van der Waals surface area contributed by atoms with Gasteiger partial charge in [0, 0.05) is 17.6 Å². The lowest BCUT2D eigenvalue weighted by Crippen LogP contribution is -2.45. The number of nitrogens with zero attached hydrogens (tertiary/aromatic N) is 1. The van der Waals surface area contributed by atoms with Gasteiger partial charge in [0.1, 0.15) is 12.4 Å². The molecule has 0 saturated heterocycles. The molecule has 1 atom stereocenters. The zero-order valence-corrected chi connectivity index (χ0v) is 9.76. The maximum absolute atomic E-state index is 9.03. The van der Waals surface area contributed by atoms with Gasteiger partial charge in [0.15, 0.2) is 0 Å². The van der Waals surface area contributed by atoms with Crippen LogP contribution >= 0.6 is 0 Å². The van der Waals surface area contributed by atoms with Crippen molar-refractivity contribution in [2.75, 3.05) is 13.2 Å². The number of pyridine rings is 1. The Morgan fingerprint density at radius 1 is 1.41 bits per heavy atom. The van der Waals surface area contributed by atoms with Crippen molar-refractivity contribution in [2.45, 2.75) is 12.5 Å². The van der Waals surface area contributed by atoms with Crippen molar-refractivity contribution in [2.24, 2.45) is 5.73 Å². The van der Waals surface area contributed by atoms with Crippen LogP contribution in [0.3, 0.4) is 0 Å². The van der Waals surface area contributed by atoms with Gasteiger partial charge >= 0.3 is 0 Å². The third kappa shape index (κ3) is 2.93. The first-order chi connectivity index (χ1) is 8.11. The van der Waals surface area contributed by atoms with Gasteiger partial charge in [-0.1, -0.05) is 6.07 Å². The molecule has 0 amide bonds. The highest BCUT2D eigenvalue weighted by Crippen LogP contribution is 2.19. The highest BCUT2D eigenvalue weighted by atomic mass is 16.5. The zero-order chi connectivity index (χ0) is 12.3. The van der Waals surface area contributed by atoms with Crippen molar-refractivity contribution in [1.29, 1.82) is 0 Å². The predicted molar refractivity (Wildman–Crippen MR) is 66.9 cm³/mol. The van der Waals surface area contributed by atoms with Gasteiger partial charge in [0.05, 0.1) is 17.7 Å². The highest BCUT2D eigenvalue weighted by Gasteiger charge is 2.17. The number of aliphatic hydroxyl groups excluding tert-OH is 1. The zero-order valence-electron chi connectivity index (χ0n) is 9.76. The molecule has 17 heavy (non-hydrogen) atoms. The van der Waals surface area contributed by atoms with E-state index >= 15 is 0 Å². The summed E-state index contributed by atoms with van der Waals surface area (Å²) in [5.41, 5.74) is 5.94. The van der Waals surface area contributed by atoms with Crippen molar-refractivity contribution in [3.63, 3.8) is 0 Å². The molecule has 90 valence electrons. The van der Waals surface area contributed by atoms with Crippen molar-refractivity contribution in [3.8, 4) is 5.75 Å². The number of nitrogens with two attached hydrogens (primary N) is 1. The molecule has 0 spiro atoms. The Hall–Kier alpha value is -1.65. The van der Waals surface area contributed by atoms with Gasteiger partial charge in [-0.25, -0.2) is 0 Å². The Bertz CT molecular complexity index is 512. The van der Waals surface area contributed by atoms with Crippen LogP contribution in [0, 0.1) is 0 Å². The quantitative estimate of drug-likeness (QED) is 0.834. The number of aromatic nitrogens is 1. The van der Waals surface area contributed by atoms with Gasteiger partial charge in [-0.05, 0) is 25.1 Å². The summed E-state index contributed by atoms with van der Waals surface area (Å²) >= 11 is 0. The van der Waals surface area contributed by atoms with Crippen molar-refractivity contribution >= 4 is 10.9 Å². The molecule has 0 bridgehead atoms. The smallest absolute Gasteiger partial charge is 0.121 e. The lowest BCUT2D eigenvalue weighted by molar-refractivity contribution is 0.146. The summed E-state index contributed by atoms with van der Waals surface area (Å²) in [6.07, 6.45) is 1.74. The van der Waals surface area contributed by atoms with Crippen LogP contribution in [0.2, 0.25) is 0 Å². The second-order valence-electron chi connectivity index (χ2n) is 4.46. The molecule has 4 nitrogen and oxygen atoms in total. The second-order valence-corrected chi connectivity index (χ2v) is 4.46. The number of hydrogen-bond donors (Lipinski definition) is 2. The van der Waals surface area contributed by atoms with Gasteiger partial charge in [-0.2, -0.15) is 0 Å². The Balaban J connectivity index is 2.14. The van der Waals surface area contributed by atoms with E-state index < -0.39 is 5.54 Å². The van der Waals surface area contributed by atoms with E-state index in [9.17, 15) is 0 Å². The summed E-state index contributed by atoms with van der Waals surface area (Å²) in [4.78, 5) is 4.25. The normalized spacial score (nSPS) is 14.5. The van der Waals surface area contributed by atoms with Crippen LogP contribution in [0.15, 0.2) is 36.5 Å². The summed E-state index contributed by atoms with van der Waals surface area (Å²) in [6, 6.07) is 9.57. The van der Waals surface area contributed by atoms with Gasteiger partial charge in [-0.15, -0.1) is 0 Å². The first-order valence-corrected chi connectivity index (χ1v) is 5.48. The largest absolute Gasteiger partial charge is 0.492 e. The predicted octanol–water partition coefficient (Wildman–Crippen LogP) is 1.32. The fourth-order valence-electron chi connectivity index (χ4n) is 1.43. The van der Waals surface area contributed by atoms with Crippen LogP contribution in [0.25, 0.3) is 10.9 Å². The van der Waals surface area contributed by atoms with Crippen molar-refractivity contribution in [3.05, 3.63) is 36.5 Å². The Morgan fingerprint density at radius 3 is 3.00 bits per heavy atom. The van der Waals surface area contributed by atoms with Gasteiger partial charge in [0.2, 0.25) is 0 Å². The summed E-state index contributed by atoms with van der Waals surface area (Å²) in [6.45, 7) is 1.90. The van der Waals surface area contributed by atoms with E-state index in [0.717, 1.165) is 10.9 Å². The van der Waals surface area contributed by atoms with E-state index in [1.54, 1.807) is 13.1 Å². The monoisotopic (exact) mass is 232 g/mol. The molecule has 4 heteroatoms. The Kier molecular flexibility index (Phi) is 3.26. The third-order valence-corrected chi connectivity index (χ3v) is 2.51. The van der Waals surface area contributed by atoms with E-state index in [-0.39, 0.29) is 13.2 Å². The number of rotatable bonds is 4. The molecule has 0 aliphatic rings. The highest BCUT2D eigenvalue weighted by molar-refractivity contribution is 5.79. The number of aliphatic hydroxyl groups is 1. The maximum Gasteiger partial charge on any atom is 0.121 e. The molecular formula is C13H16N2O2. The Morgan fingerprint density at radius 2 is 2.24 bits per heavy atom. The molecule has 1 aromatic heterocycles. The molecule has 3 N–H and O–H groups in total. The minimum Gasteiger partial charge on any atom is -0.492 e. The molecule has 0 aliphatic carbocycles. The average Bonchev–Trinajstić information content (AvgIpc) is 2.36. The SMILES string of the molecule is CC(N)(CO)COc1ccc2cccnc2c1. The van der Waals surface area contributed by atoms with Gasteiger partial charge < -0.3 is 15.6 Å². The number of fused-ring (bicyclic) bond motifs is 1. The number of hydrogen-bond acceptors (Lipinski definition) is 4. The summed E-state index contributed by atoms with van der Waals surface area (Å²) in [7, 11) is 0. The lowest BCUT2D eigenvalue weighted by Gasteiger charge is -2.21. The van der Waals surface area contributed by atoms with E-state index in [4.69, 9.17) is 15.6 Å². The van der Waals surface area contributed by atoms with Crippen molar-refractivity contribution < 1.29 is 9.84 Å². The maximum atomic E-state index is 9.03. The molecule has 0 saturated carbocycles. The van der Waals surface area contributed by atoms with Crippen LogP contribution < -0.4 is 10.5 Å². The molecule has 1 unspecified atom stereocenters. The molecule has 1 heterocycles. The molecule has 2 aromatic rings. The van der Waals surface area contributed by atoms with Gasteiger partial charge in [0.25, 0.3) is 0 Å². The molecule has 1 aromatic carbocycles. The van der Waals surface area contributed by atoms with Crippen LogP contribution in [-0.2, 0) is 0 Å². The fraction of sp³-hybridized carbons (Fsp3) is 0.308. The number of ether oxygens (including phenoxy) is 1. The minimum absolute atomic E-state index is 0.112. The summed E-state index contributed by atoms with van der Waals surface area (Å²) in [5, 5.41) is 10.1. The first-order valence-electron chi connectivity index (χ1n) is 5.48. The van der Waals surface area contributed by atoms with Crippen molar-refractivity contribution in [1.82, 2.24) is 4.98 Å². The molecule has 0 aliphatic heterocycles. The Labute approximate surface area is 100 Å². The van der Waals surface area contributed by atoms with E-state index in [2.05, 4.69) is 4.98 Å². The fourth-order valence-corrected chi connectivity index (χ4v) is 1.43. The second kappa shape index (κ2) is 4.69. The van der Waals surface area contributed by atoms with E-state index in [1.807, 2.05) is 30.3 Å². The summed E-state index contributed by atoms with van der Waals surface area (Å²) in [5.74, 6) is 0.710. The molecule has 2 rings (SSSR count). The van der Waals surface area contributed by atoms with Crippen LogP contribution in [0.5, 0.6) is 5.75 Å². The van der Waals surface area contributed by atoms with Crippen LogP contribution in [0.1, 0.15) is 6.92 Å². The van der Waals surface area contributed by atoms with Crippen LogP contribution in [-0.4, -0.2) is 28.8 Å². The van der Waals surface area contributed by atoms with Crippen LogP contribution in [0.4, 0.5) is 0 Å². The van der Waals surface area contributed by atoms with E-state index in [0.29, 0.717) is 5.75 Å². The standard InChI is InChI=1S/C13H16N2O2/c1-13(14,8-16)9-17-11-5-4-10-3-2-6-15-12(10)7-11/h2-7,16H,8-9,14H2,1H3. The lowest BCUT2D eigenvalue weighted by atomic mass is 10.1. The van der Waals surface area contributed by atoms with Gasteiger partial charge in [-0.3, -0.25) is 4.98 Å². The summed E-state index contributed by atoms with van der Waals surface area (Å²) < 4.78 is 5.54. The topological polar surface area (TPSA) is 68.4 Å². The third-order valence-electron chi connectivity index (χ3n) is 2.51. The van der Waals surface area contributed by atoms with E-state index in [1.165, 1.54) is 0 Å².